The van der Waals surface area contributed by atoms with E-state index in [4.69, 9.17) is 5.73 Å². The van der Waals surface area contributed by atoms with E-state index in [0.717, 1.165) is 29.9 Å². The minimum Gasteiger partial charge on any atom is -0.398 e. The molecule has 3 heteroatoms. The molecule has 0 spiro atoms. The van der Waals surface area contributed by atoms with Gasteiger partial charge in [0.05, 0.1) is 0 Å². The van der Waals surface area contributed by atoms with Gasteiger partial charge in [-0.3, -0.25) is 4.79 Å². The maximum absolute atomic E-state index is 12.0. The standard InChI is InChI=1S/C13H18N2O/c1-9(2)8-13(16)15-7-6-10-11(14)4-3-5-12(10)15/h3-5,9H,6-8,14H2,1-2H3. The third-order valence-corrected chi connectivity index (χ3v) is 2.95. The van der Waals surface area contributed by atoms with Crippen LogP contribution in [0.3, 0.4) is 0 Å². The Morgan fingerprint density at radius 2 is 2.25 bits per heavy atom. The van der Waals surface area contributed by atoms with Gasteiger partial charge in [-0.15, -0.1) is 0 Å². The summed E-state index contributed by atoms with van der Waals surface area (Å²) in [4.78, 5) is 13.9. The van der Waals surface area contributed by atoms with Crippen LogP contribution >= 0.6 is 0 Å². The predicted octanol–water partition coefficient (Wildman–Crippen LogP) is 2.20. The Hall–Kier alpha value is -1.51. The van der Waals surface area contributed by atoms with Crippen molar-refractivity contribution in [2.45, 2.75) is 26.7 Å². The second-order valence-electron chi connectivity index (χ2n) is 4.74. The van der Waals surface area contributed by atoms with Crippen LogP contribution in [0.2, 0.25) is 0 Å². The van der Waals surface area contributed by atoms with Crippen molar-refractivity contribution in [1.82, 2.24) is 0 Å². The number of benzene rings is 1. The van der Waals surface area contributed by atoms with E-state index < -0.39 is 0 Å². The number of nitrogens with zero attached hydrogens (tertiary/aromatic N) is 1. The van der Waals surface area contributed by atoms with Crippen LogP contribution in [0.5, 0.6) is 0 Å². The minimum atomic E-state index is 0.208. The van der Waals surface area contributed by atoms with Crippen LogP contribution in [0.25, 0.3) is 0 Å². The number of anilines is 2. The molecule has 16 heavy (non-hydrogen) atoms. The van der Waals surface area contributed by atoms with Gasteiger partial charge in [0.2, 0.25) is 5.91 Å². The van der Waals surface area contributed by atoms with E-state index >= 15 is 0 Å². The first-order valence-corrected chi connectivity index (χ1v) is 5.77. The van der Waals surface area contributed by atoms with Crippen molar-refractivity contribution in [3.05, 3.63) is 23.8 Å². The first-order valence-electron chi connectivity index (χ1n) is 5.77. The number of fused-ring (bicyclic) bond motifs is 1. The smallest absolute Gasteiger partial charge is 0.227 e. The molecule has 0 radical (unpaired) electrons. The average Bonchev–Trinajstić information content (AvgIpc) is 2.61. The maximum atomic E-state index is 12.0. The van der Waals surface area contributed by atoms with Gasteiger partial charge in [-0.2, -0.15) is 0 Å². The highest BCUT2D eigenvalue weighted by atomic mass is 16.2. The maximum Gasteiger partial charge on any atom is 0.227 e. The fourth-order valence-electron chi connectivity index (χ4n) is 2.18. The lowest BCUT2D eigenvalue weighted by molar-refractivity contribution is -0.119. The Morgan fingerprint density at radius 1 is 1.50 bits per heavy atom. The molecule has 0 bridgehead atoms. The SMILES string of the molecule is CC(C)CC(=O)N1CCc2c(N)cccc21. The van der Waals surface area contributed by atoms with Crippen LogP contribution in [0.4, 0.5) is 11.4 Å². The summed E-state index contributed by atoms with van der Waals surface area (Å²) in [5.41, 5.74) is 8.83. The zero-order valence-corrected chi connectivity index (χ0v) is 9.86. The molecule has 0 atom stereocenters. The Balaban J connectivity index is 2.24. The third-order valence-electron chi connectivity index (χ3n) is 2.95. The number of hydrogen-bond acceptors (Lipinski definition) is 2. The van der Waals surface area contributed by atoms with E-state index in [0.29, 0.717) is 12.3 Å². The summed E-state index contributed by atoms with van der Waals surface area (Å²) in [6.45, 7) is 4.90. The molecule has 2 N–H and O–H groups in total. The molecular formula is C13H18N2O. The number of nitrogens with two attached hydrogens (primary N) is 1. The molecule has 1 amide bonds. The number of hydrogen-bond donors (Lipinski definition) is 1. The van der Waals surface area contributed by atoms with Crippen molar-refractivity contribution in [2.24, 2.45) is 5.92 Å². The minimum absolute atomic E-state index is 0.208. The van der Waals surface area contributed by atoms with Gasteiger partial charge in [0.15, 0.2) is 0 Å². The van der Waals surface area contributed by atoms with Crippen LogP contribution in [0.1, 0.15) is 25.8 Å². The Morgan fingerprint density at radius 3 is 2.94 bits per heavy atom. The van der Waals surface area contributed by atoms with E-state index in [1.54, 1.807) is 0 Å². The van der Waals surface area contributed by atoms with Gasteiger partial charge < -0.3 is 10.6 Å². The summed E-state index contributed by atoms with van der Waals surface area (Å²) in [7, 11) is 0. The van der Waals surface area contributed by atoms with Gasteiger partial charge in [0.1, 0.15) is 0 Å². The van der Waals surface area contributed by atoms with E-state index in [-0.39, 0.29) is 5.91 Å². The normalized spacial score (nSPS) is 14.3. The summed E-state index contributed by atoms with van der Waals surface area (Å²) in [5, 5.41) is 0. The molecule has 1 aliphatic rings. The van der Waals surface area contributed by atoms with E-state index in [1.165, 1.54) is 0 Å². The summed E-state index contributed by atoms with van der Waals surface area (Å²) in [5.74, 6) is 0.608. The van der Waals surface area contributed by atoms with Crippen molar-refractivity contribution in [1.29, 1.82) is 0 Å². The summed E-state index contributed by atoms with van der Waals surface area (Å²) < 4.78 is 0. The van der Waals surface area contributed by atoms with E-state index in [2.05, 4.69) is 13.8 Å². The van der Waals surface area contributed by atoms with Gasteiger partial charge in [-0.1, -0.05) is 19.9 Å². The highest BCUT2D eigenvalue weighted by Gasteiger charge is 2.25. The molecule has 2 rings (SSSR count). The van der Waals surface area contributed by atoms with Crippen molar-refractivity contribution in [3.63, 3.8) is 0 Å². The topological polar surface area (TPSA) is 46.3 Å². The molecule has 0 saturated carbocycles. The van der Waals surface area contributed by atoms with Crippen molar-refractivity contribution >= 4 is 17.3 Å². The number of amides is 1. The zero-order valence-electron chi connectivity index (χ0n) is 9.86. The van der Waals surface area contributed by atoms with Crippen LogP contribution in [0.15, 0.2) is 18.2 Å². The highest BCUT2D eigenvalue weighted by Crippen LogP contribution is 2.32. The van der Waals surface area contributed by atoms with Crippen molar-refractivity contribution in [3.8, 4) is 0 Å². The number of rotatable bonds is 2. The number of carbonyl (C=O) groups is 1. The molecule has 1 aliphatic heterocycles. The lowest BCUT2D eigenvalue weighted by atomic mass is 10.1. The van der Waals surface area contributed by atoms with E-state index in [9.17, 15) is 4.79 Å². The first kappa shape index (κ1) is 11.0. The molecule has 3 nitrogen and oxygen atoms in total. The first-order chi connectivity index (χ1) is 7.59. The Kier molecular flexibility index (Phi) is 2.86. The van der Waals surface area contributed by atoms with Gasteiger partial charge >= 0.3 is 0 Å². The van der Waals surface area contributed by atoms with Gasteiger partial charge in [-0.05, 0) is 24.5 Å². The second kappa shape index (κ2) is 4.16. The molecule has 0 saturated heterocycles. The van der Waals surface area contributed by atoms with Gasteiger partial charge in [0, 0.05) is 29.9 Å². The molecule has 0 unspecified atom stereocenters. The lowest BCUT2D eigenvalue weighted by Crippen LogP contribution is -2.29. The van der Waals surface area contributed by atoms with Gasteiger partial charge in [0.25, 0.3) is 0 Å². The second-order valence-corrected chi connectivity index (χ2v) is 4.74. The predicted molar refractivity (Wildman–Crippen MR) is 66.4 cm³/mol. The summed E-state index contributed by atoms with van der Waals surface area (Å²) in [6.07, 6.45) is 1.49. The molecular weight excluding hydrogens is 200 g/mol. The van der Waals surface area contributed by atoms with Crippen LogP contribution in [-0.4, -0.2) is 12.5 Å². The van der Waals surface area contributed by atoms with Crippen LogP contribution in [0, 0.1) is 5.92 Å². The average molecular weight is 218 g/mol. The quantitative estimate of drug-likeness (QED) is 0.773. The molecule has 0 fully saturated rings. The van der Waals surface area contributed by atoms with Gasteiger partial charge in [-0.25, -0.2) is 0 Å². The van der Waals surface area contributed by atoms with E-state index in [1.807, 2.05) is 23.1 Å². The van der Waals surface area contributed by atoms with Crippen molar-refractivity contribution in [2.75, 3.05) is 17.2 Å². The molecule has 0 aromatic heterocycles. The fourth-order valence-corrected chi connectivity index (χ4v) is 2.18. The summed E-state index contributed by atoms with van der Waals surface area (Å²) >= 11 is 0. The monoisotopic (exact) mass is 218 g/mol. The fraction of sp³-hybridized carbons (Fsp3) is 0.462. The third kappa shape index (κ3) is 1.90. The molecule has 86 valence electrons. The Bertz CT molecular complexity index is 412. The molecule has 1 heterocycles. The molecule has 0 aliphatic carbocycles. The lowest BCUT2D eigenvalue weighted by Gasteiger charge is -2.18. The number of nitrogen functional groups attached to an aromatic ring is 1. The molecule has 1 aromatic rings. The molecule has 1 aromatic carbocycles. The Labute approximate surface area is 96.2 Å². The zero-order chi connectivity index (χ0) is 11.7. The summed E-state index contributed by atoms with van der Waals surface area (Å²) in [6, 6.07) is 5.79. The van der Waals surface area contributed by atoms with Crippen LogP contribution < -0.4 is 10.6 Å². The van der Waals surface area contributed by atoms with Crippen molar-refractivity contribution < 1.29 is 4.79 Å². The van der Waals surface area contributed by atoms with Crippen LogP contribution in [-0.2, 0) is 11.2 Å². The highest BCUT2D eigenvalue weighted by molar-refractivity contribution is 5.96. The largest absolute Gasteiger partial charge is 0.398 e. The number of carbonyl (C=O) groups excluding carboxylic acids is 1.